The smallest absolute Gasteiger partial charge is 0.244 e. The lowest BCUT2D eigenvalue weighted by molar-refractivity contribution is -0.137. The van der Waals surface area contributed by atoms with Crippen LogP contribution in [0.25, 0.3) is 0 Å². The highest BCUT2D eigenvalue weighted by atomic mass is 16.5. The van der Waals surface area contributed by atoms with Gasteiger partial charge in [-0.15, -0.1) is 0 Å². The fraction of sp³-hybridized carbons (Fsp3) is 0.583. The van der Waals surface area contributed by atoms with Crippen molar-refractivity contribution in [3.8, 4) is 6.07 Å². The van der Waals surface area contributed by atoms with E-state index >= 15 is 0 Å². The minimum Gasteiger partial charge on any atom is -0.396 e. The number of nitriles is 1. The first kappa shape index (κ1) is 13.4. The average Bonchev–Trinajstić information content (AvgIpc) is 2.66. The van der Waals surface area contributed by atoms with E-state index < -0.39 is 6.10 Å². The predicted octanol–water partition coefficient (Wildman–Crippen LogP) is -0.167. The number of aromatic nitrogens is 2. The maximum absolute atomic E-state index is 12.2. The van der Waals surface area contributed by atoms with Crippen LogP contribution in [0, 0.1) is 25.2 Å². The standard InChI is InChI=1S/C12H17N5O2/c1-8-12(14)9(2)17(15-8)7-11(18)16-3-4-19-10(5-13)6-16/h10H,3-4,6-7,14H2,1-2H3. The molecule has 1 aliphatic heterocycles. The number of nitrogen functional groups attached to an aromatic ring is 1. The van der Waals surface area contributed by atoms with Gasteiger partial charge in [-0.2, -0.15) is 10.4 Å². The third-order valence-corrected chi connectivity index (χ3v) is 3.29. The third kappa shape index (κ3) is 2.69. The Hall–Kier alpha value is -2.07. The van der Waals surface area contributed by atoms with Crippen LogP contribution in [0.15, 0.2) is 0 Å². The lowest BCUT2D eigenvalue weighted by atomic mass is 10.3. The van der Waals surface area contributed by atoms with E-state index in [-0.39, 0.29) is 12.5 Å². The Morgan fingerprint density at radius 1 is 1.63 bits per heavy atom. The number of hydrogen-bond acceptors (Lipinski definition) is 5. The SMILES string of the molecule is Cc1nn(CC(=O)N2CCOC(C#N)C2)c(C)c1N. The van der Waals surface area contributed by atoms with Crippen LogP contribution >= 0.6 is 0 Å². The molecule has 1 aromatic rings. The molecule has 1 amide bonds. The summed E-state index contributed by atoms with van der Waals surface area (Å²) in [6, 6.07) is 2.02. The quantitative estimate of drug-likeness (QED) is 0.799. The number of nitrogens with two attached hydrogens (primary N) is 1. The van der Waals surface area contributed by atoms with E-state index in [4.69, 9.17) is 15.7 Å². The van der Waals surface area contributed by atoms with E-state index in [2.05, 4.69) is 5.10 Å². The van der Waals surface area contributed by atoms with Crippen molar-refractivity contribution in [2.45, 2.75) is 26.5 Å². The Morgan fingerprint density at radius 2 is 2.37 bits per heavy atom. The lowest BCUT2D eigenvalue weighted by Crippen LogP contribution is -2.46. The number of nitrogens with zero attached hydrogens (tertiary/aromatic N) is 4. The van der Waals surface area contributed by atoms with Gasteiger partial charge in [-0.3, -0.25) is 9.48 Å². The molecule has 1 unspecified atom stereocenters. The van der Waals surface area contributed by atoms with Gasteiger partial charge in [0.05, 0.1) is 36.3 Å². The van der Waals surface area contributed by atoms with E-state index in [1.165, 1.54) is 0 Å². The molecule has 7 nitrogen and oxygen atoms in total. The fourth-order valence-corrected chi connectivity index (χ4v) is 2.05. The van der Waals surface area contributed by atoms with Crippen molar-refractivity contribution in [1.29, 1.82) is 5.26 Å². The molecule has 1 atom stereocenters. The number of carbonyl (C=O) groups excluding carboxylic acids is 1. The first-order valence-electron chi connectivity index (χ1n) is 6.11. The summed E-state index contributed by atoms with van der Waals surface area (Å²) in [7, 11) is 0. The van der Waals surface area contributed by atoms with Crippen molar-refractivity contribution in [2.75, 3.05) is 25.4 Å². The summed E-state index contributed by atoms with van der Waals surface area (Å²) in [5.41, 5.74) is 7.96. The largest absolute Gasteiger partial charge is 0.396 e. The van der Waals surface area contributed by atoms with E-state index in [1.807, 2.05) is 19.9 Å². The molecule has 7 heteroatoms. The van der Waals surface area contributed by atoms with Gasteiger partial charge < -0.3 is 15.4 Å². The van der Waals surface area contributed by atoms with Crippen molar-refractivity contribution in [3.63, 3.8) is 0 Å². The van der Waals surface area contributed by atoms with Crippen LogP contribution in [-0.4, -0.2) is 46.4 Å². The van der Waals surface area contributed by atoms with Gasteiger partial charge in [0.2, 0.25) is 5.91 Å². The molecule has 1 saturated heterocycles. The average molecular weight is 263 g/mol. The molecule has 19 heavy (non-hydrogen) atoms. The van der Waals surface area contributed by atoms with Gasteiger partial charge >= 0.3 is 0 Å². The summed E-state index contributed by atoms with van der Waals surface area (Å²) in [5, 5.41) is 13.0. The van der Waals surface area contributed by atoms with Gasteiger partial charge in [0, 0.05) is 6.54 Å². The summed E-state index contributed by atoms with van der Waals surface area (Å²) in [4.78, 5) is 13.8. The Morgan fingerprint density at radius 3 is 2.95 bits per heavy atom. The zero-order chi connectivity index (χ0) is 14.0. The van der Waals surface area contributed by atoms with Gasteiger partial charge in [-0.25, -0.2) is 0 Å². The molecule has 1 aromatic heterocycles. The number of hydrogen-bond donors (Lipinski definition) is 1. The molecule has 102 valence electrons. The Kier molecular flexibility index (Phi) is 3.71. The number of morpholine rings is 1. The summed E-state index contributed by atoms with van der Waals surface area (Å²) in [6.07, 6.45) is -0.539. The molecule has 2 rings (SSSR count). The number of aryl methyl sites for hydroxylation is 1. The monoisotopic (exact) mass is 263 g/mol. The summed E-state index contributed by atoms with van der Waals surface area (Å²) >= 11 is 0. The second-order valence-electron chi connectivity index (χ2n) is 4.57. The number of rotatable bonds is 2. The maximum atomic E-state index is 12.2. The van der Waals surface area contributed by atoms with Gasteiger partial charge in [0.1, 0.15) is 6.54 Å². The number of carbonyl (C=O) groups is 1. The van der Waals surface area contributed by atoms with Gasteiger partial charge in [0.25, 0.3) is 0 Å². The summed E-state index contributed by atoms with van der Waals surface area (Å²) in [6.45, 7) is 4.99. The molecule has 0 spiro atoms. The maximum Gasteiger partial charge on any atom is 0.244 e. The summed E-state index contributed by atoms with van der Waals surface area (Å²) in [5.74, 6) is -0.0749. The summed E-state index contributed by atoms with van der Waals surface area (Å²) < 4.78 is 6.81. The normalized spacial score (nSPS) is 19.2. The van der Waals surface area contributed by atoms with Crippen molar-refractivity contribution < 1.29 is 9.53 Å². The fourth-order valence-electron chi connectivity index (χ4n) is 2.05. The minimum absolute atomic E-state index is 0.0749. The molecule has 0 bridgehead atoms. The van der Waals surface area contributed by atoms with Crippen LogP contribution in [0.2, 0.25) is 0 Å². The predicted molar refractivity (Wildman–Crippen MR) is 68.0 cm³/mol. The van der Waals surface area contributed by atoms with Crippen LogP contribution < -0.4 is 5.73 Å². The van der Waals surface area contributed by atoms with E-state index in [9.17, 15) is 4.79 Å². The first-order valence-corrected chi connectivity index (χ1v) is 6.11. The number of amides is 1. The second kappa shape index (κ2) is 5.28. The molecular weight excluding hydrogens is 246 g/mol. The molecular formula is C12H17N5O2. The highest BCUT2D eigenvalue weighted by Gasteiger charge is 2.24. The van der Waals surface area contributed by atoms with Crippen molar-refractivity contribution in [2.24, 2.45) is 0 Å². The molecule has 0 saturated carbocycles. The Labute approximate surface area is 111 Å². The van der Waals surface area contributed by atoms with Crippen LogP contribution in [0.3, 0.4) is 0 Å². The van der Waals surface area contributed by atoms with E-state index in [0.717, 1.165) is 11.4 Å². The molecule has 2 N–H and O–H groups in total. The second-order valence-corrected chi connectivity index (χ2v) is 4.57. The molecule has 0 aromatic carbocycles. The van der Waals surface area contributed by atoms with Crippen molar-refractivity contribution in [3.05, 3.63) is 11.4 Å². The first-order chi connectivity index (χ1) is 9.02. The molecule has 0 aliphatic carbocycles. The van der Waals surface area contributed by atoms with Crippen molar-refractivity contribution in [1.82, 2.24) is 14.7 Å². The van der Waals surface area contributed by atoms with E-state index in [1.54, 1.807) is 9.58 Å². The Balaban J connectivity index is 2.05. The van der Waals surface area contributed by atoms with Gasteiger partial charge in [-0.05, 0) is 13.8 Å². The third-order valence-electron chi connectivity index (χ3n) is 3.29. The van der Waals surface area contributed by atoms with Crippen LogP contribution in [-0.2, 0) is 16.1 Å². The highest BCUT2D eigenvalue weighted by molar-refractivity contribution is 5.76. The minimum atomic E-state index is -0.539. The highest BCUT2D eigenvalue weighted by Crippen LogP contribution is 2.15. The Bertz CT molecular complexity index is 531. The van der Waals surface area contributed by atoms with E-state index in [0.29, 0.717) is 25.4 Å². The van der Waals surface area contributed by atoms with Crippen LogP contribution in [0.5, 0.6) is 0 Å². The lowest BCUT2D eigenvalue weighted by Gasteiger charge is -2.29. The molecule has 1 aliphatic rings. The number of anilines is 1. The van der Waals surface area contributed by atoms with Gasteiger partial charge in [0.15, 0.2) is 6.10 Å². The zero-order valence-corrected chi connectivity index (χ0v) is 11.1. The van der Waals surface area contributed by atoms with Gasteiger partial charge in [-0.1, -0.05) is 0 Å². The molecule has 0 radical (unpaired) electrons. The zero-order valence-electron chi connectivity index (χ0n) is 11.1. The van der Waals surface area contributed by atoms with Crippen LogP contribution in [0.4, 0.5) is 5.69 Å². The topological polar surface area (TPSA) is 97.2 Å². The van der Waals surface area contributed by atoms with Crippen molar-refractivity contribution >= 4 is 11.6 Å². The number of ether oxygens (including phenoxy) is 1. The molecule has 2 heterocycles. The van der Waals surface area contributed by atoms with Crippen LogP contribution in [0.1, 0.15) is 11.4 Å². The molecule has 1 fully saturated rings.